The smallest absolute Gasteiger partial charge is 0.227 e. The van der Waals surface area contributed by atoms with Crippen LogP contribution in [0.15, 0.2) is 197 Å². The van der Waals surface area contributed by atoms with E-state index < -0.39 is 0 Å². The van der Waals surface area contributed by atoms with E-state index in [0.29, 0.717) is 34.5 Å². The summed E-state index contributed by atoms with van der Waals surface area (Å²) in [5.41, 5.74) is 9.82. The van der Waals surface area contributed by atoms with Gasteiger partial charge in [-0.05, 0) is 94.3 Å². The molecule has 0 atom stereocenters. The van der Waals surface area contributed by atoms with Crippen LogP contribution in [0.25, 0.3) is 128 Å². The Morgan fingerprint density at radius 3 is 1.84 bits per heavy atom. The molecule has 0 radical (unpaired) electrons. The second-order valence-electron chi connectivity index (χ2n) is 15.4. The molecule has 13 aromatic rings. The van der Waals surface area contributed by atoms with Gasteiger partial charge < -0.3 is 13.4 Å². The van der Waals surface area contributed by atoms with Crippen molar-refractivity contribution in [3.05, 3.63) is 188 Å². The molecule has 0 fully saturated rings. The van der Waals surface area contributed by atoms with Crippen LogP contribution >= 0.6 is 0 Å². The van der Waals surface area contributed by atoms with Gasteiger partial charge in [0.2, 0.25) is 5.89 Å². The maximum atomic E-state index is 6.70. The van der Waals surface area contributed by atoms with Crippen LogP contribution in [0.3, 0.4) is 0 Å². The molecule has 0 N–H and O–H groups in total. The highest BCUT2D eigenvalue weighted by Crippen LogP contribution is 2.43. The number of furan rings is 1. The van der Waals surface area contributed by atoms with Crippen molar-refractivity contribution in [2.45, 2.75) is 0 Å². The molecule has 7 nitrogen and oxygen atoms in total. The summed E-state index contributed by atoms with van der Waals surface area (Å²) in [6.07, 6.45) is 0. The lowest BCUT2D eigenvalue weighted by Gasteiger charge is -2.12. The van der Waals surface area contributed by atoms with Crippen molar-refractivity contribution in [1.29, 1.82) is 0 Å². The second kappa shape index (κ2) is 13.0. The van der Waals surface area contributed by atoms with Gasteiger partial charge >= 0.3 is 0 Å². The lowest BCUT2D eigenvalue weighted by Crippen LogP contribution is -2.01. The minimum atomic E-state index is 0.552. The molecule has 0 saturated heterocycles. The van der Waals surface area contributed by atoms with Crippen LogP contribution < -0.4 is 0 Å². The predicted octanol–water partition coefficient (Wildman–Crippen LogP) is 14.0. The first-order valence-electron chi connectivity index (χ1n) is 20.3. The second-order valence-corrected chi connectivity index (χ2v) is 15.4. The zero-order valence-corrected chi connectivity index (χ0v) is 32.5. The van der Waals surface area contributed by atoms with Gasteiger partial charge in [0.15, 0.2) is 23.1 Å². The summed E-state index contributed by atoms with van der Waals surface area (Å²) in [5, 5.41) is 8.43. The molecule has 0 aliphatic rings. The fourth-order valence-electron chi connectivity index (χ4n) is 9.05. The Hall–Kier alpha value is -8.42. The molecule has 0 saturated carbocycles. The molecule has 0 aliphatic heterocycles. The van der Waals surface area contributed by atoms with Crippen molar-refractivity contribution in [3.63, 3.8) is 0 Å². The van der Waals surface area contributed by atoms with Gasteiger partial charge in [-0.1, -0.05) is 115 Å². The van der Waals surface area contributed by atoms with Crippen LogP contribution in [-0.4, -0.2) is 24.5 Å². The molecule has 4 aromatic heterocycles. The molecule has 4 heterocycles. The average Bonchev–Trinajstić information content (AvgIpc) is 4.03. The van der Waals surface area contributed by atoms with E-state index in [2.05, 4.69) is 144 Å². The number of para-hydroxylation sites is 2. The van der Waals surface area contributed by atoms with E-state index in [1.54, 1.807) is 0 Å². The highest BCUT2D eigenvalue weighted by molar-refractivity contribution is 6.27. The third-order valence-electron chi connectivity index (χ3n) is 11.9. The Balaban J connectivity index is 1.05. The highest BCUT2D eigenvalue weighted by atomic mass is 16.4. The van der Waals surface area contributed by atoms with Crippen molar-refractivity contribution in [3.8, 4) is 51.3 Å². The normalized spacial score (nSPS) is 11.9. The summed E-state index contributed by atoms with van der Waals surface area (Å²) in [4.78, 5) is 20.8. The SMILES string of the molecule is c1ccc(-c2nc3c(ccc4oc5cc(-c6nc(-c7ccc8ccccc8c7)nc(-c7ccc8c(c7)c7ccccc7n8-c7ccccc7)n6)c6ccccc6c5c43)o2)cc1. The van der Waals surface area contributed by atoms with Crippen molar-refractivity contribution in [1.82, 2.24) is 24.5 Å². The molecule has 7 heteroatoms. The molecule has 61 heavy (non-hydrogen) atoms. The maximum Gasteiger partial charge on any atom is 0.227 e. The number of nitrogens with zero attached hydrogens (tertiary/aromatic N) is 5. The van der Waals surface area contributed by atoms with E-state index in [0.717, 1.165) is 93.2 Å². The van der Waals surface area contributed by atoms with E-state index in [9.17, 15) is 0 Å². The van der Waals surface area contributed by atoms with Crippen LogP contribution in [0.4, 0.5) is 0 Å². The predicted molar refractivity (Wildman–Crippen MR) is 246 cm³/mol. The summed E-state index contributed by atoms with van der Waals surface area (Å²) in [6.45, 7) is 0. The Bertz CT molecular complexity index is 3880. The first-order chi connectivity index (χ1) is 30.2. The molecule has 13 rings (SSSR count). The number of aromatic nitrogens is 5. The van der Waals surface area contributed by atoms with Crippen LogP contribution in [0.5, 0.6) is 0 Å². The molecular weight excluding hydrogens is 751 g/mol. The number of hydrogen-bond acceptors (Lipinski definition) is 6. The van der Waals surface area contributed by atoms with Crippen molar-refractivity contribution < 1.29 is 8.83 Å². The maximum absolute atomic E-state index is 6.70. The first kappa shape index (κ1) is 33.5. The van der Waals surface area contributed by atoms with Gasteiger partial charge in [-0.25, -0.2) is 19.9 Å². The van der Waals surface area contributed by atoms with Crippen LogP contribution in [0.2, 0.25) is 0 Å². The van der Waals surface area contributed by atoms with E-state index in [1.807, 2.05) is 48.5 Å². The van der Waals surface area contributed by atoms with E-state index in [1.165, 1.54) is 0 Å². The number of hydrogen-bond donors (Lipinski definition) is 0. The lowest BCUT2D eigenvalue weighted by atomic mass is 9.98. The molecular formula is C54H31N5O2. The number of benzene rings is 9. The zero-order valence-electron chi connectivity index (χ0n) is 32.5. The fraction of sp³-hybridized carbons (Fsp3) is 0. The van der Waals surface area contributed by atoms with Gasteiger partial charge in [0.1, 0.15) is 16.7 Å². The fourth-order valence-corrected chi connectivity index (χ4v) is 9.05. The van der Waals surface area contributed by atoms with Gasteiger partial charge in [-0.3, -0.25) is 0 Å². The summed E-state index contributed by atoms with van der Waals surface area (Å²) in [5.74, 6) is 2.29. The van der Waals surface area contributed by atoms with E-state index >= 15 is 0 Å². The van der Waals surface area contributed by atoms with Gasteiger partial charge in [0.25, 0.3) is 0 Å². The summed E-state index contributed by atoms with van der Waals surface area (Å²) in [7, 11) is 0. The third-order valence-corrected chi connectivity index (χ3v) is 11.9. The monoisotopic (exact) mass is 781 g/mol. The third kappa shape index (κ3) is 5.24. The topological polar surface area (TPSA) is 82.8 Å². The minimum absolute atomic E-state index is 0.552. The molecule has 0 aliphatic carbocycles. The van der Waals surface area contributed by atoms with E-state index in [4.69, 9.17) is 28.8 Å². The van der Waals surface area contributed by atoms with Gasteiger partial charge in [-0.2, -0.15) is 0 Å². The molecule has 9 aromatic carbocycles. The van der Waals surface area contributed by atoms with Crippen molar-refractivity contribution >= 4 is 76.4 Å². The molecule has 284 valence electrons. The minimum Gasteiger partial charge on any atom is -0.456 e. The number of rotatable bonds is 5. The van der Waals surface area contributed by atoms with Crippen LogP contribution in [-0.2, 0) is 0 Å². The highest BCUT2D eigenvalue weighted by Gasteiger charge is 2.23. The van der Waals surface area contributed by atoms with Crippen LogP contribution in [0, 0.1) is 0 Å². The summed E-state index contributed by atoms with van der Waals surface area (Å²) >= 11 is 0. The Morgan fingerprint density at radius 2 is 1.00 bits per heavy atom. The van der Waals surface area contributed by atoms with Crippen molar-refractivity contribution in [2.24, 2.45) is 0 Å². The zero-order chi connectivity index (χ0) is 40.0. The van der Waals surface area contributed by atoms with Gasteiger partial charge in [0, 0.05) is 44.1 Å². The summed E-state index contributed by atoms with van der Waals surface area (Å²) in [6, 6.07) is 64.6. The van der Waals surface area contributed by atoms with Crippen LogP contribution in [0.1, 0.15) is 0 Å². The Kier molecular flexibility index (Phi) is 7.17. The number of oxazole rings is 1. The lowest BCUT2D eigenvalue weighted by molar-refractivity contribution is 0.619. The largest absolute Gasteiger partial charge is 0.456 e. The average molecular weight is 782 g/mol. The molecule has 0 amide bonds. The molecule has 0 unspecified atom stereocenters. The van der Waals surface area contributed by atoms with Gasteiger partial charge in [0.05, 0.1) is 16.4 Å². The van der Waals surface area contributed by atoms with Crippen molar-refractivity contribution in [2.75, 3.05) is 0 Å². The Labute approximate surface area is 347 Å². The standard InChI is InChI=1S/C54H31N5O2/c1-3-14-33(15-4-1)54-55-50-46(61-54)28-27-45-49(50)48-40-21-10-9-19-38(40)42(31-47(48)60-45)53-57-51(35-24-23-32-13-7-8-16-34(32)29-35)56-52(58-53)36-25-26-44-41(30-36)39-20-11-12-22-43(39)59(44)37-17-5-2-6-18-37/h1-31H. The van der Waals surface area contributed by atoms with Gasteiger partial charge in [-0.15, -0.1) is 0 Å². The Morgan fingerprint density at radius 1 is 0.361 bits per heavy atom. The summed E-state index contributed by atoms with van der Waals surface area (Å²) < 4.78 is 15.3. The van der Waals surface area contributed by atoms with E-state index in [-0.39, 0.29) is 0 Å². The first-order valence-corrected chi connectivity index (χ1v) is 20.3. The molecule has 0 bridgehead atoms. The molecule has 0 spiro atoms. The number of fused-ring (bicyclic) bond motifs is 11. The quantitative estimate of drug-likeness (QED) is 0.173.